The van der Waals surface area contributed by atoms with Crippen LogP contribution >= 0.6 is 0 Å². The van der Waals surface area contributed by atoms with Gasteiger partial charge in [-0.15, -0.1) is 0 Å². The fraction of sp³-hybridized carbons (Fsp3) is 0.364. The van der Waals surface area contributed by atoms with E-state index in [4.69, 9.17) is 5.26 Å². The van der Waals surface area contributed by atoms with Crippen LogP contribution in [0.25, 0.3) is 0 Å². The van der Waals surface area contributed by atoms with Crippen LogP contribution in [-0.2, 0) is 10.0 Å². The van der Waals surface area contributed by atoms with E-state index in [1.807, 2.05) is 6.07 Å². The van der Waals surface area contributed by atoms with Gasteiger partial charge in [-0.2, -0.15) is 9.98 Å². The minimum atomic E-state index is -3.97. The highest BCUT2D eigenvalue weighted by atomic mass is 32.2. The van der Waals surface area contributed by atoms with E-state index < -0.39 is 26.3 Å². The Morgan fingerprint density at radius 2 is 2.00 bits per heavy atom. The molecule has 0 spiro atoms. The zero-order chi connectivity index (χ0) is 12.5. The summed E-state index contributed by atoms with van der Waals surface area (Å²) >= 11 is 0. The van der Waals surface area contributed by atoms with Gasteiger partial charge >= 0.3 is 0 Å². The number of nitrogens with one attached hydrogen (secondary N) is 1. The molecule has 1 aliphatic rings. The highest BCUT2D eigenvalue weighted by Gasteiger charge is 2.41. The Hall–Kier alpha value is -1.45. The molecule has 1 aromatic carbocycles. The van der Waals surface area contributed by atoms with E-state index in [-0.39, 0.29) is 0 Å². The van der Waals surface area contributed by atoms with Gasteiger partial charge < -0.3 is 0 Å². The molecule has 0 atom stereocenters. The Morgan fingerprint density at radius 3 is 2.47 bits per heavy atom. The molecule has 6 heteroatoms. The second kappa shape index (κ2) is 4.09. The standard InChI is InChI=1S/C11H11FN2O2S/c12-9-4-1-2-5-10(9)17(15,16)14-11(8-13)6-3-7-11/h1-2,4-5,14H,3,6-7H2. The van der Waals surface area contributed by atoms with E-state index in [1.54, 1.807) is 0 Å². The molecule has 0 bridgehead atoms. The summed E-state index contributed by atoms with van der Waals surface area (Å²) < 4.78 is 39.5. The lowest BCUT2D eigenvalue weighted by atomic mass is 9.79. The number of rotatable bonds is 3. The smallest absolute Gasteiger partial charge is 0.207 e. The Kier molecular flexibility index (Phi) is 2.89. The third kappa shape index (κ3) is 2.16. The van der Waals surface area contributed by atoms with Crippen LogP contribution in [0.15, 0.2) is 29.2 Å². The van der Waals surface area contributed by atoms with Crippen molar-refractivity contribution in [2.24, 2.45) is 0 Å². The highest BCUT2D eigenvalue weighted by Crippen LogP contribution is 2.32. The van der Waals surface area contributed by atoms with Gasteiger partial charge in [0, 0.05) is 0 Å². The minimum Gasteiger partial charge on any atom is -0.207 e. The van der Waals surface area contributed by atoms with E-state index in [0.717, 1.165) is 12.5 Å². The fourth-order valence-corrected chi connectivity index (χ4v) is 3.20. The Labute approximate surface area is 99.1 Å². The molecule has 2 rings (SSSR count). The van der Waals surface area contributed by atoms with Crippen LogP contribution in [0.4, 0.5) is 4.39 Å². The normalized spacial score (nSPS) is 18.1. The van der Waals surface area contributed by atoms with Gasteiger partial charge in [-0.1, -0.05) is 12.1 Å². The van der Waals surface area contributed by atoms with Gasteiger partial charge in [0.05, 0.1) is 6.07 Å². The molecule has 0 aromatic heterocycles. The van der Waals surface area contributed by atoms with Crippen LogP contribution in [0.3, 0.4) is 0 Å². The fourth-order valence-electron chi connectivity index (χ4n) is 1.74. The van der Waals surface area contributed by atoms with Crippen molar-refractivity contribution < 1.29 is 12.8 Å². The first-order valence-electron chi connectivity index (χ1n) is 5.19. The molecule has 1 aromatic rings. The predicted molar refractivity (Wildman–Crippen MR) is 58.9 cm³/mol. The second-order valence-corrected chi connectivity index (χ2v) is 5.73. The van der Waals surface area contributed by atoms with Gasteiger partial charge in [0.1, 0.15) is 16.3 Å². The summed E-state index contributed by atoms with van der Waals surface area (Å²) in [7, 11) is -3.97. The topological polar surface area (TPSA) is 70.0 Å². The Morgan fingerprint density at radius 1 is 1.35 bits per heavy atom. The third-order valence-corrected chi connectivity index (χ3v) is 4.45. The summed E-state index contributed by atoms with van der Waals surface area (Å²) in [5.41, 5.74) is -1.05. The van der Waals surface area contributed by atoms with Crippen LogP contribution in [0.1, 0.15) is 19.3 Å². The number of hydrogen-bond donors (Lipinski definition) is 1. The molecule has 0 radical (unpaired) electrons. The summed E-state index contributed by atoms with van der Waals surface area (Å²) in [6.45, 7) is 0. The van der Waals surface area contributed by atoms with Crippen molar-refractivity contribution in [3.63, 3.8) is 0 Å². The molecule has 0 aliphatic heterocycles. The van der Waals surface area contributed by atoms with Crippen LogP contribution in [0.2, 0.25) is 0 Å². The SMILES string of the molecule is N#CC1(NS(=O)(=O)c2ccccc2F)CCC1. The number of sulfonamides is 1. The van der Waals surface area contributed by atoms with Gasteiger partial charge in [0.25, 0.3) is 0 Å². The largest absolute Gasteiger partial charge is 0.244 e. The maximum atomic E-state index is 13.4. The highest BCUT2D eigenvalue weighted by molar-refractivity contribution is 7.89. The number of nitriles is 1. The summed E-state index contributed by atoms with van der Waals surface area (Å²) in [4.78, 5) is -0.415. The van der Waals surface area contributed by atoms with Crippen LogP contribution in [0.5, 0.6) is 0 Å². The number of nitrogens with zero attached hydrogens (tertiary/aromatic N) is 1. The molecule has 0 amide bonds. The maximum absolute atomic E-state index is 13.4. The monoisotopic (exact) mass is 254 g/mol. The van der Waals surface area contributed by atoms with Crippen molar-refractivity contribution in [2.75, 3.05) is 0 Å². The summed E-state index contributed by atoms with van der Waals surface area (Å²) in [6, 6.07) is 7.06. The van der Waals surface area contributed by atoms with Gasteiger partial charge in [-0.05, 0) is 31.4 Å². The van der Waals surface area contributed by atoms with E-state index in [0.29, 0.717) is 12.8 Å². The van der Waals surface area contributed by atoms with E-state index in [9.17, 15) is 12.8 Å². The van der Waals surface area contributed by atoms with Crippen molar-refractivity contribution in [2.45, 2.75) is 29.7 Å². The number of halogens is 1. The Bertz CT molecular complexity index is 573. The average Bonchev–Trinajstić information content (AvgIpc) is 2.24. The van der Waals surface area contributed by atoms with E-state index in [2.05, 4.69) is 4.72 Å². The Balaban J connectivity index is 2.33. The van der Waals surface area contributed by atoms with Crippen molar-refractivity contribution >= 4 is 10.0 Å². The lowest BCUT2D eigenvalue weighted by Gasteiger charge is -2.35. The van der Waals surface area contributed by atoms with Crippen LogP contribution in [0, 0.1) is 17.1 Å². The first-order chi connectivity index (χ1) is 7.99. The van der Waals surface area contributed by atoms with Crippen molar-refractivity contribution in [3.8, 4) is 6.07 Å². The molecule has 90 valence electrons. The zero-order valence-electron chi connectivity index (χ0n) is 8.98. The molecule has 0 unspecified atom stereocenters. The summed E-state index contributed by atoms with van der Waals surface area (Å²) in [6.07, 6.45) is 1.74. The van der Waals surface area contributed by atoms with Crippen molar-refractivity contribution in [1.29, 1.82) is 5.26 Å². The minimum absolute atomic E-state index is 0.415. The van der Waals surface area contributed by atoms with Gasteiger partial charge in [0.15, 0.2) is 0 Å². The third-order valence-electron chi connectivity index (χ3n) is 2.88. The molecular weight excluding hydrogens is 243 g/mol. The van der Waals surface area contributed by atoms with Crippen molar-refractivity contribution in [1.82, 2.24) is 4.72 Å². The summed E-state index contributed by atoms with van der Waals surface area (Å²) in [5, 5.41) is 8.95. The quantitative estimate of drug-likeness (QED) is 0.889. The lowest BCUT2D eigenvalue weighted by molar-refractivity contribution is 0.296. The van der Waals surface area contributed by atoms with Gasteiger partial charge in [0.2, 0.25) is 10.0 Å². The van der Waals surface area contributed by atoms with Crippen LogP contribution in [-0.4, -0.2) is 14.0 Å². The molecule has 1 N–H and O–H groups in total. The molecule has 0 heterocycles. The molecule has 1 saturated carbocycles. The number of benzene rings is 1. The van der Waals surface area contributed by atoms with E-state index >= 15 is 0 Å². The average molecular weight is 254 g/mol. The van der Waals surface area contributed by atoms with Crippen molar-refractivity contribution in [3.05, 3.63) is 30.1 Å². The first-order valence-corrected chi connectivity index (χ1v) is 6.67. The lowest BCUT2D eigenvalue weighted by Crippen LogP contribution is -2.52. The second-order valence-electron chi connectivity index (χ2n) is 4.08. The molecular formula is C11H11FN2O2S. The van der Waals surface area contributed by atoms with E-state index in [1.165, 1.54) is 18.2 Å². The van der Waals surface area contributed by atoms with Gasteiger partial charge in [-0.25, -0.2) is 12.8 Å². The van der Waals surface area contributed by atoms with Gasteiger partial charge in [-0.3, -0.25) is 0 Å². The molecule has 1 aliphatic carbocycles. The predicted octanol–water partition coefficient (Wildman–Crippen LogP) is 1.55. The number of hydrogen-bond acceptors (Lipinski definition) is 3. The molecule has 4 nitrogen and oxygen atoms in total. The first kappa shape index (κ1) is 12.0. The van der Waals surface area contributed by atoms with Crippen LogP contribution < -0.4 is 4.72 Å². The molecule has 17 heavy (non-hydrogen) atoms. The summed E-state index contributed by atoms with van der Waals surface area (Å²) in [5.74, 6) is -0.813. The molecule has 1 fully saturated rings. The molecule has 0 saturated heterocycles. The maximum Gasteiger partial charge on any atom is 0.244 e. The zero-order valence-corrected chi connectivity index (χ0v) is 9.80.